The normalized spacial score (nSPS) is 11.3. The number of carbonyl (C=O) groups is 1. The molecule has 1 heterocycles. The SMILES string of the molecule is CCOC(=O)CS(=O)(=O)NCc1cc[nH]c1. The maximum absolute atomic E-state index is 11.4. The fourth-order valence-corrected chi connectivity index (χ4v) is 1.95. The van der Waals surface area contributed by atoms with E-state index in [4.69, 9.17) is 0 Å². The molecule has 0 bridgehead atoms. The molecule has 0 aliphatic heterocycles. The first-order valence-electron chi connectivity index (χ1n) is 4.78. The lowest BCUT2D eigenvalue weighted by Crippen LogP contribution is -2.30. The van der Waals surface area contributed by atoms with Gasteiger partial charge in [-0.1, -0.05) is 0 Å². The average molecular weight is 246 g/mol. The van der Waals surface area contributed by atoms with Crippen LogP contribution >= 0.6 is 0 Å². The van der Waals surface area contributed by atoms with E-state index in [2.05, 4.69) is 14.4 Å². The molecule has 16 heavy (non-hydrogen) atoms. The summed E-state index contributed by atoms with van der Waals surface area (Å²) in [6.45, 7) is 1.95. The van der Waals surface area contributed by atoms with E-state index in [9.17, 15) is 13.2 Å². The Morgan fingerprint density at radius 1 is 1.56 bits per heavy atom. The van der Waals surface area contributed by atoms with Crippen LogP contribution in [0, 0.1) is 0 Å². The topological polar surface area (TPSA) is 88.3 Å². The third-order valence-corrected chi connectivity index (χ3v) is 2.97. The van der Waals surface area contributed by atoms with E-state index in [0.29, 0.717) is 0 Å². The molecule has 0 radical (unpaired) electrons. The van der Waals surface area contributed by atoms with Crippen molar-refractivity contribution >= 4 is 16.0 Å². The minimum Gasteiger partial charge on any atom is -0.465 e. The van der Waals surface area contributed by atoms with Crippen molar-refractivity contribution in [3.05, 3.63) is 24.0 Å². The van der Waals surface area contributed by atoms with Gasteiger partial charge in [0.1, 0.15) is 0 Å². The highest BCUT2D eigenvalue weighted by Crippen LogP contribution is 1.97. The van der Waals surface area contributed by atoms with Gasteiger partial charge in [-0.25, -0.2) is 13.1 Å². The van der Waals surface area contributed by atoms with Crippen molar-refractivity contribution in [2.24, 2.45) is 0 Å². The molecule has 90 valence electrons. The Balaban J connectivity index is 2.43. The molecule has 6 nitrogen and oxygen atoms in total. The Labute approximate surface area is 94.1 Å². The Hall–Kier alpha value is -1.34. The molecule has 0 aliphatic carbocycles. The zero-order valence-electron chi connectivity index (χ0n) is 8.89. The van der Waals surface area contributed by atoms with Crippen molar-refractivity contribution in [1.82, 2.24) is 9.71 Å². The third-order valence-electron chi connectivity index (χ3n) is 1.77. The van der Waals surface area contributed by atoms with Crippen LogP contribution in [0.2, 0.25) is 0 Å². The van der Waals surface area contributed by atoms with Crippen molar-refractivity contribution in [2.45, 2.75) is 13.5 Å². The number of ether oxygens (including phenoxy) is 1. The molecule has 0 amide bonds. The zero-order valence-corrected chi connectivity index (χ0v) is 9.71. The van der Waals surface area contributed by atoms with Gasteiger partial charge in [-0.2, -0.15) is 0 Å². The number of aromatic nitrogens is 1. The zero-order chi connectivity index (χ0) is 12.0. The van der Waals surface area contributed by atoms with E-state index in [1.807, 2.05) is 0 Å². The molecule has 0 spiro atoms. The Kier molecular flexibility index (Phi) is 4.51. The van der Waals surface area contributed by atoms with Gasteiger partial charge in [0.05, 0.1) is 6.61 Å². The van der Waals surface area contributed by atoms with Crippen LogP contribution in [0.15, 0.2) is 18.5 Å². The Morgan fingerprint density at radius 3 is 2.88 bits per heavy atom. The summed E-state index contributed by atoms with van der Waals surface area (Å²) in [5.74, 6) is -1.39. The van der Waals surface area contributed by atoms with Crippen molar-refractivity contribution in [1.29, 1.82) is 0 Å². The maximum atomic E-state index is 11.4. The summed E-state index contributed by atoms with van der Waals surface area (Å²) < 4.78 is 29.6. The van der Waals surface area contributed by atoms with Crippen molar-refractivity contribution in [3.63, 3.8) is 0 Å². The monoisotopic (exact) mass is 246 g/mol. The van der Waals surface area contributed by atoms with E-state index in [1.54, 1.807) is 25.4 Å². The first kappa shape index (κ1) is 12.7. The highest BCUT2D eigenvalue weighted by Gasteiger charge is 2.16. The van der Waals surface area contributed by atoms with Crippen LogP contribution in [-0.2, 0) is 26.1 Å². The molecule has 0 unspecified atom stereocenters. The predicted octanol–water partition coefficient (Wildman–Crippen LogP) is -0.00280. The second-order valence-electron chi connectivity index (χ2n) is 3.10. The molecule has 0 saturated heterocycles. The lowest BCUT2D eigenvalue weighted by Gasteiger charge is -2.05. The van der Waals surface area contributed by atoms with Gasteiger partial charge in [0.15, 0.2) is 5.75 Å². The van der Waals surface area contributed by atoms with Crippen LogP contribution in [0.1, 0.15) is 12.5 Å². The Morgan fingerprint density at radius 2 is 2.31 bits per heavy atom. The molecular weight excluding hydrogens is 232 g/mol. The number of hydrogen-bond acceptors (Lipinski definition) is 4. The van der Waals surface area contributed by atoms with Crippen molar-refractivity contribution in [3.8, 4) is 0 Å². The first-order chi connectivity index (χ1) is 7.53. The standard InChI is InChI=1S/C9H14N2O4S/c1-2-15-9(12)7-16(13,14)11-6-8-3-4-10-5-8/h3-5,10-11H,2,6-7H2,1H3. The number of carbonyl (C=O) groups excluding carboxylic acids is 1. The van der Waals surface area contributed by atoms with Gasteiger partial charge in [0.25, 0.3) is 0 Å². The lowest BCUT2D eigenvalue weighted by atomic mass is 10.4. The van der Waals surface area contributed by atoms with Gasteiger partial charge < -0.3 is 9.72 Å². The maximum Gasteiger partial charge on any atom is 0.322 e. The van der Waals surface area contributed by atoms with Crippen LogP contribution in [0.3, 0.4) is 0 Å². The molecule has 7 heteroatoms. The number of hydrogen-bond donors (Lipinski definition) is 2. The Bertz CT molecular complexity index is 424. The van der Waals surface area contributed by atoms with Gasteiger partial charge in [-0.3, -0.25) is 4.79 Å². The summed E-state index contributed by atoms with van der Waals surface area (Å²) in [5, 5.41) is 0. The van der Waals surface area contributed by atoms with Crippen LogP contribution in [0.5, 0.6) is 0 Å². The molecule has 2 N–H and O–H groups in total. The highest BCUT2D eigenvalue weighted by atomic mass is 32.2. The van der Waals surface area contributed by atoms with E-state index >= 15 is 0 Å². The van der Waals surface area contributed by atoms with E-state index in [1.165, 1.54) is 0 Å². The quantitative estimate of drug-likeness (QED) is 0.691. The second-order valence-corrected chi connectivity index (χ2v) is 4.91. The van der Waals surface area contributed by atoms with Gasteiger partial charge in [0.2, 0.25) is 10.0 Å². The number of sulfonamides is 1. The summed E-state index contributed by atoms with van der Waals surface area (Å²) in [7, 11) is -3.62. The van der Waals surface area contributed by atoms with Crippen molar-refractivity contribution in [2.75, 3.05) is 12.4 Å². The van der Waals surface area contributed by atoms with Gasteiger partial charge in [-0.15, -0.1) is 0 Å². The fourth-order valence-electron chi connectivity index (χ4n) is 1.07. The number of nitrogens with one attached hydrogen (secondary N) is 2. The molecule has 1 aromatic rings. The molecule has 0 aromatic carbocycles. The number of rotatable bonds is 6. The highest BCUT2D eigenvalue weighted by molar-refractivity contribution is 7.90. The van der Waals surface area contributed by atoms with Crippen LogP contribution in [-0.4, -0.2) is 31.7 Å². The minimum absolute atomic E-state index is 0.158. The van der Waals surface area contributed by atoms with Crippen LogP contribution < -0.4 is 4.72 Å². The molecular formula is C9H14N2O4S. The van der Waals surface area contributed by atoms with E-state index < -0.39 is 21.7 Å². The smallest absolute Gasteiger partial charge is 0.322 e. The third kappa shape index (κ3) is 4.45. The predicted molar refractivity (Wildman–Crippen MR) is 58.1 cm³/mol. The summed E-state index contributed by atoms with van der Waals surface area (Å²) in [6, 6.07) is 1.74. The van der Waals surface area contributed by atoms with Gasteiger partial charge >= 0.3 is 5.97 Å². The van der Waals surface area contributed by atoms with E-state index in [-0.39, 0.29) is 13.2 Å². The number of H-pyrrole nitrogens is 1. The van der Waals surface area contributed by atoms with Crippen LogP contribution in [0.4, 0.5) is 0 Å². The molecule has 1 rings (SSSR count). The van der Waals surface area contributed by atoms with Gasteiger partial charge in [0, 0.05) is 18.9 Å². The number of esters is 1. The molecule has 0 aliphatic rings. The van der Waals surface area contributed by atoms with Gasteiger partial charge in [-0.05, 0) is 18.6 Å². The average Bonchev–Trinajstić information content (AvgIpc) is 2.66. The molecule has 0 fully saturated rings. The first-order valence-corrected chi connectivity index (χ1v) is 6.43. The largest absolute Gasteiger partial charge is 0.465 e. The molecule has 1 aromatic heterocycles. The summed E-state index contributed by atoms with van der Waals surface area (Å²) in [4.78, 5) is 13.8. The summed E-state index contributed by atoms with van der Waals surface area (Å²) >= 11 is 0. The fraction of sp³-hybridized carbons (Fsp3) is 0.444. The summed E-state index contributed by atoms with van der Waals surface area (Å²) in [5.41, 5.74) is 0.799. The number of aromatic amines is 1. The minimum atomic E-state index is -3.62. The molecule has 0 saturated carbocycles. The molecule has 0 atom stereocenters. The van der Waals surface area contributed by atoms with Crippen molar-refractivity contribution < 1.29 is 17.9 Å². The van der Waals surface area contributed by atoms with Crippen LogP contribution in [0.25, 0.3) is 0 Å². The van der Waals surface area contributed by atoms with E-state index in [0.717, 1.165) is 5.56 Å². The second kappa shape index (κ2) is 5.66. The lowest BCUT2D eigenvalue weighted by molar-refractivity contribution is -0.139. The summed E-state index contributed by atoms with van der Waals surface area (Å²) in [6.07, 6.45) is 3.36.